The number of aryl methyl sites for hydroxylation is 3. The van der Waals surface area contributed by atoms with Gasteiger partial charge in [-0.25, -0.2) is 19.9 Å². The van der Waals surface area contributed by atoms with Gasteiger partial charge in [0.15, 0.2) is 0 Å². The summed E-state index contributed by atoms with van der Waals surface area (Å²) in [5, 5.41) is 8.88. The van der Waals surface area contributed by atoms with Crippen LogP contribution in [0, 0.1) is 13.8 Å². The number of nitrogens with zero attached hydrogens (tertiary/aromatic N) is 5. The van der Waals surface area contributed by atoms with E-state index in [1.807, 2.05) is 26.0 Å². The number of aliphatic carboxylic acids is 1. The average molecular weight is 341 g/mol. The fourth-order valence-corrected chi connectivity index (χ4v) is 3.22. The van der Waals surface area contributed by atoms with Crippen molar-refractivity contribution in [3.05, 3.63) is 41.4 Å². The zero-order valence-electron chi connectivity index (χ0n) is 14.6. The van der Waals surface area contributed by atoms with Crippen molar-refractivity contribution >= 4 is 11.8 Å². The van der Waals surface area contributed by atoms with Crippen molar-refractivity contribution in [3.8, 4) is 0 Å². The third kappa shape index (κ3) is 4.49. The predicted octanol–water partition coefficient (Wildman–Crippen LogP) is 2.28. The highest BCUT2D eigenvalue weighted by Crippen LogP contribution is 2.27. The van der Waals surface area contributed by atoms with E-state index in [1.54, 1.807) is 6.20 Å². The van der Waals surface area contributed by atoms with Gasteiger partial charge in [0.2, 0.25) is 0 Å². The van der Waals surface area contributed by atoms with E-state index in [0.29, 0.717) is 6.42 Å². The first-order valence-electron chi connectivity index (χ1n) is 8.62. The first-order chi connectivity index (χ1) is 12.0. The van der Waals surface area contributed by atoms with Gasteiger partial charge in [0.25, 0.3) is 0 Å². The Kier molecular flexibility index (Phi) is 5.21. The van der Waals surface area contributed by atoms with E-state index < -0.39 is 5.97 Å². The maximum absolute atomic E-state index is 10.8. The zero-order chi connectivity index (χ0) is 17.8. The van der Waals surface area contributed by atoms with Crippen molar-refractivity contribution < 1.29 is 9.90 Å². The molecule has 1 N–H and O–H groups in total. The predicted molar refractivity (Wildman–Crippen MR) is 93.7 cm³/mol. The van der Waals surface area contributed by atoms with Gasteiger partial charge in [-0.15, -0.1) is 0 Å². The number of carbonyl (C=O) groups is 1. The molecule has 3 rings (SSSR count). The maximum atomic E-state index is 10.8. The highest BCUT2D eigenvalue weighted by atomic mass is 16.4. The molecule has 3 heterocycles. The highest BCUT2D eigenvalue weighted by molar-refractivity contribution is 5.66. The molecule has 0 radical (unpaired) electrons. The lowest BCUT2D eigenvalue weighted by molar-refractivity contribution is -0.136. The summed E-state index contributed by atoms with van der Waals surface area (Å²) in [6.45, 7) is 5.61. The van der Waals surface area contributed by atoms with Gasteiger partial charge in [0, 0.05) is 43.0 Å². The molecule has 25 heavy (non-hydrogen) atoms. The largest absolute Gasteiger partial charge is 0.481 e. The standard InChI is InChI=1S/C18H23N5O2/c1-12-10-15(5-6-17(24)25)22-18(20-12)14-4-3-9-23(11-14)16-7-8-19-13(2)21-16/h7-8,10,14H,3-6,9,11H2,1-2H3,(H,24,25). The summed E-state index contributed by atoms with van der Waals surface area (Å²) in [6.07, 6.45) is 4.40. The second-order valence-electron chi connectivity index (χ2n) is 6.50. The Morgan fingerprint density at radius 1 is 1.32 bits per heavy atom. The van der Waals surface area contributed by atoms with Crippen LogP contribution in [0.2, 0.25) is 0 Å². The molecule has 7 heteroatoms. The topological polar surface area (TPSA) is 92.1 Å². The lowest BCUT2D eigenvalue weighted by Gasteiger charge is -2.33. The molecule has 1 aliphatic rings. The molecule has 0 saturated carbocycles. The van der Waals surface area contributed by atoms with Gasteiger partial charge in [-0.05, 0) is 38.8 Å². The van der Waals surface area contributed by atoms with Crippen LogP contribution in [0.25, 0.3) is 0 Å². The van der Waals surface area contributed by atoms with Gasteiger partial charge in [0.05, 0.1) is 6.42 Å². The molecule has 0 aromatic carbocycles. The molecule has 1 unspecified atom stereocenters. The van der Waals surface area contributed by atoms with Crippen LogP contribution in [0.1, 0.15) is 48.2 Å². The Balaban J connectivity index is 1.77. The van der Waals surface area contributed by atoms with E-state index in [0.717, 1.165) is 54.8 Å². The Bertz CT molecular complexity index is 765. The van der Waals surface area contributed by atoms with Crippen molar-refractivity contribution in [2.75, 3.05) is 18.0 Å². The Morgan fingerprint density at radius 2 is 2.16 bits per heavy atom. The van der Waals surface area contributed by atoms with E-state index in [9.17, 15) is 4.79 Å². The van der Waals surface area contributed by atoms with E-state index in [-0.39, 0.29) is 12.3 Å². The van der Waals surface area contributed by atoms with Crippen molar-refractivity contribution in [2.24, 2.45) is 0 Å². The molecule has 1 saturated heterocycles. The molecule has 2 aromatic rings. The van der Waals surface area contributed by atoms with Gasteiger partial charge in [-0.3, -0.25) is 4.79 Å². The molecule has 2 aromatic heterocycles. The van der Waals surface area contributed by atoms with Crippen LogP contribution in [-0.2, 0) is 11.2 Å². The first-order valence-corrected chi connectivity index (χ1v) is 8.62. The minimum Gasteiger partial charge on any atom is -0.481 e. The monoisotopic (exact) mass is 341 g/mol. The number of carboxylic acid groups (broad SMARTS) is 1. The quantitative estimate of drug-likeness (QED) is 0.892. The molecular formula is C18H23N5O2. The van der Waals surface area contributed by atoms with Crippen molar-refractivity contribution in [3.63, 3.8) is 0 Å². The second kappa shape index (κ2) is 7.55. The normalized spacial score (nSPS) is 17.5. The summed E-state index contributed by atoms with van der Waals surface area (Å²) in [6, 6.07) is 3.81. The summed E-state index contributed by atoms with van der Waals surface area (Å²) in [5.41, 5.74) is 1.69. The smallest absolute Gasteiger partial charge is 0.303 e. The molecule has 0 bridgehead atoms. The Labute approximate surface area is 147 Å². The first kappa shape index (κ1) is 17.3. The summed E-state index contributed by atoms with van der Waals surface area (Å²) < 4.78 is 0. The number of carboxylic acids is 1. The molecule has 0 aliphatic carbocycles. The Hall–Kier alpha value is -2.57. The molecule has 0 amide bonds. The third-order valence-corrected chi connectivity index (χ3v) is 4.39. The van der Waals surface area contributed by atoms with Gasteiger partial charge in [-0.2, -0.15) is 0 Å². The molecule has 1 atom stereocenters. The molecule has 132 valence electrons. The van der Waals surface area contributed by atoms with Crippen molar-refractivity contribution in [1.82, 2.24) is 19.9 Å². The van der Waals surface area contributed by atoms with E-state index in [2.05, 4.69) is 24.8 Å². The van der Waals surface area contributed by atoms with Gasteiger partial charge >= 0.3 is 5.97 Å². The highest BCUT2D eigenvalue weighted by Gasteiger charge is 2.25. The fraction of sp³-hybridized carbons (Fsp3) is 0.500. The number of hydrogen-bond acceptors (Lipinski definition) is 6. The van der Waals surface area contributed by atoms with Crippen LogP contribution in [0.15, 0.2) is 18.3 Å². The second-order valence-corrected chi connectivity index (χ2v) is 6.50. The minimum atomic E-state index is -0.805. The van der Waals surface area contributed by atoms with Crippen LogP contribution in [0.5, 0.6) is 0 Å². The number of piperidine rings is 1. The SMILES string of the molecule is Cc1cc(CCC(=O)O)nc(C2CCCN(c3ccnc(C)n3)C2)n1. The van der Waals surface area contributed by atoms with Crippen LogP contribution in [0.4, 0.5) is 5.82 Å². The lowest BCUT2D eigenvalue weighted by Crippen LogP contribution is -2.35. The maximum Gasteiger partial charge on any atom is 0.303 e. The van der Waals surface area contributed by atoms with Gasteiger partial charge < -0.3 is 10.0 Å². The molecular weight excluding hydrogens is 318 g/mol. The van der Waals surface area contributed by atoms with Crippen molar-refractivity contribution in [1.29, 1.82) is 0 Å². The van der Waals surface area contributed by atoms with E-state index >= 15 is 0 Å². The lowest BCUT2D eigenvalue weighted by atomic mass is 9.96. The number of rotatable bonds is 5. The molecule has 0 spiro atoms. The van der Waals surface area contributed by atoms with Crippen LogP contribution in [-0.4, -0.2) is 44.1 Å². The zero-order valence-corrected chi connectivity index (χ0v) is 14.6. The van der Waals surface area contributed by atoms with Gasteiger partial charge in [0.1, 0.15) is 17.5 Å². The molecule has 7 nitrogen and oxygen atoms in total. The number of hydrogen-bond donors (Lipinski definition) is 1. The average Bonchev–Trinajstić information content (AvgIpc) is 2.60. The summed E-state index contributed by atoms with van der Waals surface area (Å²) >= 11 is 0. The van der Waals surface area contributed by atoms with Crippen LogP contribution < -0.4 is 4.90 Å². The third-order valence-electron chi connectivity index (χ3n) is 4.39. The number of aromatic nitrogens is 4. The van der Waals surface area contributed by atoms with Crippen molar-refractivity contribution in [2.45, 2.75) is 45.4 Å². The molecule has 1 aliphatic heterocycles. The summed E-state index contributed by atoms with van der Waals surface area (Å²) in [4.78, 5) is 31.0. The summed E-state index contributed by atoms with van der Waals surface area (Å²) in [7, 11) is 0. The number of anilines is 1. The van der Waals surface area contributed by atoms with Gasteiger partial charge in [-0.1, -0.05) is 0 Å². The van der Waals surface area contributed by atoms with Crippen LogP contribution in [0.3, 0.4) is 0 Å². The van der Waals surface area contributed by atoms with E-state index in [4.69, 9.17) is 5.11 Å². The van der Waals surface area contributed by atoms with E-state index in [1.165, 1.54) is 0 Å². The Morgan fingerprint density at radius 3 is 2.92 bits per heavy atom. The fourth-order valence-electron chi connectivity index (χ4n) is 3.22. The minimum absolute atomic E-state index is 0.0902. The molecule has 1 fully saturated rings. The summed E-state index contributed by atoms with van der Waals surface area (Å²) in [5.74, 6) is 1.95. The van der Waals surface area contributed by atoms with Crippen LogP contribution >= 0.6 is 0 Å².